The Morgan fingerprint density at radius 3 is 2.48 bits per heavy atom. The van der Waals surface area contributed by atoms with Gasteiger partial charge in [0.1, 0.15) is 0 Å². The lowest BCUT2D eigenvalue weighted by Crippen LogP contribution is -2.18. The molecule has 154 valence electrons. The summed E-state index contributed by atoms with van der Waals surface area (Å²) in [5.74, 6) is -0.836. The predicted octanol–water partition coefficient (Wildman–Crippen LogP) is 3.70. The summed E-state index contributed by atoms with van der Waals surface area (Å²) in [6.07, 6.45) is 1.76. The lowest BCUT2D eigenvalue weighted by molar-refractivity contribution is -0.139. The zero-order valence-electron chi connectivity index (χ0n) is 17.0. The monoisotopic (exact) mass is 414 g/mol. The van der Waals surface area contributed by atoms with Gasteiger partial charge in [0.05, 0.1) is 11.5 Å². The number of nitrogens with one attached hydrogen (secondary N) is 1. The smallest absolute Gasteiger partial charge is 0.316 e. The maximum Gasteiger partial charge on any atom is 0.316 e. The third kappa shape index (κ3) is 6.64. The van der Waals surface area contributed by atoms with Crippen molar-refractivity contribution in [2.45, 2.75) is 27.3 Å². The number of thioether (sulfide) groups is 1. The van der Waals surface area contributed by atoms with Gasteiger partial charge >= 0.3 is 5.97 Å². The highest BCUT2D eigenvalue weighted by Crippen LogP contribution is 2.16. The fourth-order valence-corrected chi connectivity index (χ4v) is 3.43. The van der Waals surface area contributed by atoms with Crippen molar-refractivity contribution in [2.75, 3.05) is 23.4 Å². The number of benzene rings is 1. The van der Waals surface area contributed by atoms with Gasteiger partial charge < -0.3 is 14.6 Å². The van der Waals surface area contributed by atoms with Crippen LogP contribution in [0.2, 0.25) is 0 Å². The van der Waals surface area contributed by atoms with E-state index >= 15 is 0 Å². The molecule has 0 saturated heterocycles. The molecule has 1 N–H and O–H groups in total. The molecule has 1 aromatic carbocycles. The molecule has 0 aliphatic carbocycles. The normalized spacial score (nSPS) is 10.4. The molecule has 0 saturated carbocycles. The molecule has 6 nitrogen and oxygen atoms in total. The van der Waals surface area contributed by atoms with E-state index in [0.717, 1.165) is 28.7 Å². The van der Waals surface area contributed by atoms with Crippen LogP contribution in [0.4, 0.5) is 5.69 Å². The number of amides is 1. The molecule has 2 rings (SSSR count). The number of allylic oxidation sites excluding steroid dienone is 1. The summed E-state index contributed by atoms with van der Waals surface area (Å²) in [6, 6.07) is 9.25. The Morgan fingerprint density at radius 1 is 1.14 bits per heavy atom. The summed E-state index contributed by atoms with van der Waals surface area (Å²) >= 11 is 1.14. The van der Waals surface area contributed by atoms with Crippen LogP contribution in [-0.4, -0.2) is 40.3 Å². The van der Waals surface area contributed by atoms with E-state index in [4.69, 9.17) is 4.74 Å². The van der Waals surface area contributed by atoms with Gasteiger partial charge in [-0.1, -0.05) is 23.8 Å². The van der Waals surface area contributed by atoms with Gasteiger partial charge in [0.2, 0.25) is 11.7 Å². The number of Topliss-reactive ketones (excluding diaryl/α,β-unsaturated/α-hetero) is 1. The first kappa shape index (κ1) is 22.5. The van der Waals surface area contributed by atoms with E-state index in [-0.39, 0.29) is 29.8 Å². The zero-order valence-corrected chi connectivity index (χ0v) is 17.8. The molecule has 2 aromatic rings. The number of carbonyl (C=O) groups excluding carboxylic acids is 3. The topological polar surface area (TPSA) is 77.4 Å². The molecule has 1 heterocycles. The van der Waals surface area contributed by atoms with Gasteiger partial charge in [0.15, 0.2) is 6.61 Å². The molecule has 1 aromatic heterocycles. The average Bonchev–Trinajstić information content (AvgIpc) is 2.96. The van der Waals surface area contributed by atoms with Gasteiger partial charge in [-0.2, -0.15) is 0 Å². The molecular weight excluding hydrogens is 388 g/mol. The first-order valence-corrected chi connectivity index (χ1v) is 10.4. The number of aryl methyl sites for hydroxylation is 2. The molecule has 1 amide bonds. The second-order valence-electron chi connectivity index (χ2n) is 6.67. The van der Waals surface area contributed by atoms with Crippen LogP contribution in [-0.2, 0) is 20.9 Å². The van der Waals surface area contributed by atoms with E-state index in [1.54, 1.807) is 12.1 Å². The Balaban J connectivity index is 1.73. The number of esters is 1. The lowest BCUT2D eigenvalue weighted by atomic mass is 10.1. The Hall–Kier alpha value is -2.80. The summed E-state index contributed by atoms with van der Waals surface area (Å²) < 4.78 is 7.04. The molecule has 0 fully saturated rings. The fourth-order valence-electron chi connectivity index (χ4n) is 2.82. The summed E-state index contributed by atoms with van der Waals surface area (Å²) in [4.78, 5) is 36.1. The third-order valence-corrected chi connectivity index (χ3v) is 5.24. The van der Waals surface area contributed by atoms with Crippen LogP contribution < -0.4 is 5.32 Å². The van der Waals surface area contributed by atoms with Crippen LogP contribution in [0.5, 0.6) is 0 Å². The average molecular weight is 415 g/mol. The Labute approximate surface area is 175 Å². The minimum Gasteiger partial charge on any atom is -0.457 e. The maximum atomic E-state index is 12.4. The molecule has 0 unspecified atom stereocenters. The van der Waals surface area contributed by atoms with E-state index in [2.05, 4.69) is 11.9 Å². The highest BCUT2D eigenvalue weighted by atomic mass is 32.2. The number of anilines is 1. The van der Waals surface area contributed by atoms with Gasteiger partial charge in [-0.15, -0.1) is 18.3 Å². The molecular formula is C22H26N2O4S. The van der Waals surface area contributed by atoms with Crippen molar-refractivity contribution in [3.05, 3.63) is 65.5 Å². The molecule has 0 spiro atoms. The van der Waals surface area contributed by atoms with Crippen LogP contribution in [0.1, 0.15) is 27.3 Å². The highest BCUT2D eigenvalue weighted by Gasteiger charge is 2.17. The van der Waals surface area contributed by atoms with E-state index in [0.29, 0.717) is 17.8 Å². The van der Waals surface area contributed by atoms with E-state index in [1.165, 1.54) is 0 Å². The van der Waals surface area contributed by atoms with Gasteiger partial charge in [-0.05, 0) is 39.0 Å². The summed E-state index contributed by atoms with van der Waals surface area (Å²) in [6.45, 7) is 9.76. The van der Waals surface area contributed by atoms with Gasteiger partial charge in [0, 0.05) is 29.2 Å². The van der Waals surface area contributed by atoms with Gasteiger partial charge in [0.25, 0.3) is 0 Å². The Kier molecular flexibility index (Phi) is 8.27. The van der Waals surface area contributed by atoms with Crippen LogP contribution in [0.15, 0.2) is 43.0 Å². The number of rotatable bonds is 10. The number of hydrogen-bond acceptors (Lipinski definition) is 5. The second-order valence-corrected chi connectivity index (χ2v) is 7.66. The van der Waals surface area contributed by atoms with Crippen molar-refractivity contribution in [1.82, 2.24) is 4.57 Å². The van der Waals surface area contributed by atoms with Crippen LogP contribution >= 0.6 is 11.8 Å². The van der Waals surface area contributed by atoms with Crippen molar-refractivity contribution in [3.63, 3.8) is 0 Å². The number of ether oxygens (including phenoxy) is 1. The maximum absolute atomic E-state index is 12.4. The number of aromatic nitrogens is 1. The Bertz CT molecular complexity index is 900. The molecule has 29 heavy (non-hydrogen) atoms. The van der Waals surface area contributed by atoms with Crippen molar-refractivity contribution in [3.8, 4) is 0 Å². The van der Waals surface area contributed by atoms with Crippen molar-refractivity contribution >= 4 is 35.1 Å². The van der Waals surface area contributed by atoms with E-state index < -0.39 is 5.97 Å². The fraction of sp³-hybridized carbons (Fsp3) is 0.318. The van der Waals surface area contributed by atoms with Gasteiger partial charge in [-0.25, -0.2) is 0 Å². The number of carbonyl (C=O) groups is 3. The first-order chi connectivity index (χ1) is 13.8. The molecule has 7 heteroatoms. The zero-order chi connectivity index (χ0) is 21.4. The van der Waals surface area contributed by atoms with Crippen molar-refractivity contribution in [1.29, 1.82) is 0 Å². The molecule has 0 atom stereocenters. The third-order valence-electron chi connectivity index (χ3n) is 4.34. The molecule has 0 aliphatic heterocycles. The lowest BCUT2D eigenvalue weighted by Gasteiger charge is -2.07. The van der Waals surface area contributed by atoms with Crippen LogP contribution in [0.3, 0.4) is 0 Å². The van der Waals surface area contributed by atoms with Crippen molar-refractivity contribution in [2.24, 2.45) is 0 Å². The van der Waals surface area contributed by atoms with Crippen LogP contribution in [0.25, 0.3) is 0 Å². The SMILES string of the molecule is C=CCn1c(C)cc(C(=O)COC(=O)CSCC(=O)Nc2ccc(C)cc2)c1C. The van der Waals surface area contributed by atoms with E-state index in [1.807, 2.05) is 49.6 Å². The predicted molar refractivity (Wildman–Crippen MR) is 117 cm³/mol. The molecule has 0 bridgehead atoms. The van der Waals surface area contributed by atoms with Crippen LogP contribution in [0, 0.1) is 20.8 Å². The van der Waals surface area contributed by atoms with Gasteiger partial charge in [-0.3, -0.25) is 14.4 Å². The summed E-state index contributed by atoms with van der Waals surface area (Å²) in [5.41, 5.74) is 4.14. The first-order valence-electron chi connectivity index (χ1n) is 9.22. The quantitative estimate of drug-likeness (QED) is 0.364. The minimum atomic E-state index is -0.522. The largest absolute Gasteiger partial charge is 0.457 e. The number of ketones is 1. The second kappa shape index (κ2) is 10.7. The number of nitrogens with zero attached hydrogens (tertiary/aromatic N) is 1. The minimum absolute atomic E-state index is 0.00405. The highest BCUT2D eigenvalue weighted by molar-refractivity contribution is 8.00. The van der Waals surface area contributed by atoms with Crippen molar-refractivity contribution < 1.29 is 19.1 Å². The van der Waals surface area contributed by atoms with E-state index in [9.17, 15) is 14.4 Å². The molecule has 0 radical (unpaired) electrons. The Morgan fingerprint density at radius 2 is 1.83 bits per heavy atom. The number of hydrogen-bond donors (Lipinski definition) is 1. The summed E-state index contributed by atoms with van der Waals surface area (Å²) in [5, 5.41) is 2.76. The molecule has 0 aliphatic rings. The standard InChI is InChI=1S/C22H26N2O4S/c1-5-10-24-16(3)11-19(17(24)4)20(25)12-28-22(27)14-29-13-21(26)23-18-8-6-15(2)7-9-18/h5-9,11H,1,10,12-14H2,2-4H3,(H,23,26). The summed E-state index contributed by atoms with van der Waals surface area (Å²) in [7, 11) is 0.